The molecule has 0 aromatic heterocycles. The lowest BCUT2D eigenvalue weighted by atomic mass is 10.1. The molecule has 0 bridgehead atoms. The fraction of sp³-hybridized carbons (Fsp3) is 0.158. The van der Waals surface area contributed by atoms with E-state index in [1.807, 2.05) is 26.0 Å². The molecule has 0 heterocycles. The van der Waals surface area contributed by atoms with E-state index in [1.165, 1.54) is 24.3 Å². The summed E-state index contributed by atoms with van der Waals surface area (Å²) < 4.78 is 29.3. The van der Waals surface area contributed by atoms with Crippen LogP contribution in [0.15, 0.2) is 48.0 Å². The molecule has 0 radical (unpaired) electrons. The summed E-state index contributed by atoms with van der Waals surface area (Å²) >= 11 is 0. The highest BCUT2D eigenvalue weighted by Gasteiger charge is 2.13. The van der Waals surface area contributed by atoms with Gasteiger partial charge in [-0.1, -0.05) is 35.9 Å². The molecule has 0 saturated heterocycles. The summed E-state index contributed by atoms with van der Waals surface area (Å²) in [7, 11) is 0. The van der Waals surface area contributed by atoms with Gasteiger partial charge in [0.05, 0.1) is 0 Å². The number of benzene rings is 2. The highest BCUT2D eigenvalue weighted by atomic mass is 19.3. The monoisotopic (exact) mass is 342 g/mol. The van der Waals surface area contributed by atoms with Gasteiger partial charge in [-0.05, 0) is 37.6 Å². The van der Waals surface area contributed by atoms with Gasteiger partial charge in [-0.3, -0.25) is 4.79 Å². The molecule has 0 atom stereocenters. The standard InChI is InChI=1S/C19H16F2N2O2/c1-12-7-8-16(13(2)9-12)23-18(24)15(11-22)10-14-5-3-4-6-17(14)25-19(20)21/h3-10,19H,1-2H3,(H,23,24)/b15-10-. The van der Waals surface area contributed by atoms with Crippen LogP contribution in [-0.4, -0.2) is 12.5 Å². The van der Waals surface area contributed by atoms with Crippen molar-refractivity contribution >= 4 is 17.7 Å². The van der Waals surface area contributed by atoms with Crippen molar-refractivity contribution in [3.8, 4) is 11.8 Å². The summed E-state index contributed by atoms with van der Waals surface area (Å²) in [5.41, 5.74) is 2.48. The van der Waals surface area contributed by atoms with Gasteiger partial charge < -0.3 is 10.1 Å². The Kier molecular flexibility index (Phi) is 5.85. The minimum absolute atomic E-state index is 0.107. The Labute approximate surface area is 144 Å². The number of amides is 1. The molecule has 0 aliphatic rings. The number of nitriles is 1. The van der Waals surface area contributed by atoms with Gasteiger partial charge in [0, 0.05) is 11.3 Å². The molecule has 1 N–H and O–H groups in total. The predicted octanol–water partition coefficient (Wildman–Crippen LogP) is 4.45. The predicted molar refractivity (Wildman–Crippen MR) is 91.2 cm³/mol. The second-order valence-electron chi connectivity index (χ2n) is 5.36. The van der Waals surface area contributed by atoms with Crippen LogP contribution in [0.1, 0.15) is 16.7 Å². The van der Waals surface area contributed by atoms with Gasteiger partial charge in [0.25, 0.3) is 5.91 Å². The molecular formula is C19H16F2N2O2. The summed E-state index contributed by atoms with van der Waals surface area (Å²) in [5, 5.41) is 11.9. The van der Waals surface area contributed by atoms with Crippen molar-refractivity contribution in [2.24, 2.45) is 0 Å². The number of nitrogens with zero attached hydrogens (tertiary/aromatic N) is 1. The number of para-hydroxylation sites is 1. The van der Waals surface area contributed by atoms with E-state index in [0.717, 1.165) is 11.1 Å². The number of nitrogens with one attached hydrogen (secondary N) is 1. The topological polar surface area (TPSA) is 62.1 Å². The van der Waals surface area contributed by atoms with E-state index in [-0.39, 0.29) is 16.9 Å². The van der Waals surface area contributed by atoms with Crippen LogP contribution in [0.2, 0.25) is 0 Å². The van der Waals surface area contributed by atoms with Crippen LogP contribution < -0.4 is 10.1 Å². The van der Waals surface area contributed by atoms with Crippen LogP contribution in [0.5, 0.6) is 5.75 Å². The van der Waals surface area contributed by atoms with E-state index < -0.39 is 12.5 Å². The smallest absolute Gasteiger partial charge is 0.387 e. The Hall–Kier alpha value is -3.20. The van der Waals surface area contributed by atoms with Crippen LogP contribution in [-0.2, 0) is 4.79 Å². The molecule has 2 rings (SSSR count). The molecule has 0 spiro atoms. The number of hydrogen-bond donors (Lipinski definition) is 1. The lowest BCUT2D eigenvalue weighted by Crippen LogP contribution is -2.14. The van der Waals surface area contributed by atoms with E-state index in [1.54, 1.807) is 18.2 Å². The van der Waals surface area contributed by atoms with Crippen LogP contribution in [0, 0.1) is 25.2 Å². The van der Waals surface area contributed by atoms with Crippen molar-refractivity contribution in [3.63, 3.8) is 0 Å². The number of halogens is 2. The Morgan fingerprint density at radius 3 is 2.60 bits per heavy atom. The second kappa shape index (κ2) is 8.06. The average Bonchev–Trinajstić information content (AvgIpc) is 2.56. The summed E-state index contributed by atoms with van der Waals surface area (Å²) in [5.74, 6) is -0.731. The normalized spacial score (nSPS) is 11.1. The molecule has 0 aliphatic carbocycles. The summed E-state index contributed by atoms with van der Waals surface area (Å²) in [6.07, 6.45) is 1.22. The van der Waals surface area contributed by atoms with Crippen LogP contribution in [0.25, 0.3) is 6.08 Å². The third-order valence-electron chi connectivity index (χ3n) is 3.43. The largest absolute Gasteiger partial charge is 0.434 e. The van der Waals surface area contributed by atoms with Crippen molar-refractivity contribution in [3.05, 3.63) is 64.7 Å². The van der Waals surface area contributed by atoms with Gasteiger partial charge in [0.1, 0.15) is 17.4 Å². The van der Waals surface area contributed by atoms with Gasteiger partial charge in [0.15, 0.2) is 0 Å². The maximum absolute atomic E-state index is 12.5. The first-order valence-corrected chi connectivity index (χ1v) is 7.45. The third-order valence-corrected chi connectivity index (χ3v) is 3.43. The lowest BCUT2D eigenvalue weighted by Gasteiger charge is -2.10. The minimum Gasteiger partial charge on any atom is -0.434 e. The van der Waals surface area contributed by atoms with Crippen molar-refractivity contribution in [2.75, 3.05) is 5.32 Å². The van der Waals surface area contributed by atoms with E-state index in [9.17, 15) is 18.8 Å². The maximum atomic E-state index is 12.5. The van der Waals surface area contributed by atoms with Gasteiger partial charge in [-0.15, -0.1) is 0 Å². The molecule has 128 valence electrons. The van der Waals surface area contributed by atoms with E-state index in [4.69, 9.17) is 0 Å². The average molecular weight is 342 g/mol. The number of anilines is 1. The van der Waals surface area contributed by atoms with Crippen LogP contribution in [0.4, 0.5) is 14.5 Å². The Morgan fingerprint density at radius 1 is 1.24 bits per heavy atom. The lowest BCUT2D eigenvalue weighted by molar-refractivity contribution is -0.112. The molecule has 0 aliphatic heterocycles. The number of aryl methyl sites for hydroxylation is 2. The highest BCUT2D eigenvalue weighted by molar-refractivity contribution is 6.10. The molecule has 4 nitrogen and oxygen atoms in total. The fourth-order valence-electron chi connectivity index (χ4n) is 2.25. The molecular weight excluding hydrogens is 326 g/mol. The van der Waals surface area contributed by atoms with Gasteiger partial charge in [-0.2, -0.15) is 14.0 Å². The number of carbonyl (C=O) groups is 1. The zero-order valence-electron chi connectivity index (χ0n) is 13.7. The first-order chi connectivity index (χ1) is 11.9. The maximum Gasteiger partial charge on any atom is 0.387 e. The first-order valence-electron chi connectivity index (χ1n) is 7.45. The Balaban J connectivity index is 2.28. The SMILES string of the molecule is Cc1ccc(NC(=O)/C(C#N)=C\c2ccccc2OC(F)F)c(C)c1. The number of alkyl halides is 2. The summed E-state index contributed by atoms with van der Waals surface area (Å²) in [4.78, 5) is 12.3. The molecule has 1 amide bonds. The molecule has 2 aromatic carbocycles. The summed E-state index contributed by atoms with van der Waals surface area (Å²) in [6.45, 7) is 0.771. The Morgan fingerprint density at radius 2 is 1.96 bits per heavy atom. The van der Waals surface area contributed by atoms with E-state index in [2.05, 4.69) is 10.1 Å². The van der Waals surface area contributed by atoms with Crippen LogP contribution in [0.3, 0.4) is 0 Å². The number of carbonyl (C=O) groups excluding carboxylic acids is 1. The fourth-order valence-corrected chi connectivity index (χ4v) is 2.25. The molecule has 6 heteroatoms. The molecule has 25 heavy (non-hydrogen) atoms. The van der Waals surface area contributed by atoms with Crippen molar-refractivity contribution in [1.29, 1.82) is 5.26 Å². The van der Waals surface area contributed by atoms with Crippen molar-refractivity contribution in [1.82, 2.24) is 0 Å². The zero-order chi connectivity index (χ0) is 18.4. The van der Waals surface area contributed by atoms with Gasteiger partial charge >= 0.3 is 6.61 Å². The molecule has 2 aromatic rings. The molecule has 0 saturated carbocycles. The molecule has 0 unspecified atom stereocenters. The van der Waals surface area contributed by atoms with Crippen molar-refractivity contribution < 1.29 is 18.3 Å². The second-order valence-corrected chi connectivity index (χ2v) is 5.36. The Bertz CT molecular complexity index is 855. The number of ether oxygens (including phenoxy) is 1. The minimum atomic E-state index is -3.00. The van der Waals surface area contributed by atoms with E-state index >= 15 is 0 Å². The quantitative estimate of drug-likeness (QED) is 0.645. The first kappa shape index (κ1) is 18.1. The van der Waals surface area contributed by atoms with E-state index in [0.29, 0.717) is 5.69 Å². The van der Waals surface area contributed by atoms with Crippen LogP contribution >= 0.6 is 0 Å². The third kappa shape index (κ3) is 4.88. The number of rotatable bonds is 5. The summed E-state index contributed by atoms with van der Waals surface area (Å²) in [6, 6.07) is 13.2. The highest BCUT2D eigenvalue weighted by Crippen LogP contribution is 2.23. The zero-order valence-corrected chi connectivity index (χ0v) is 13.7. The molecule has 0 fully saturated rings. The number of hydrogen-bond acceptors (Lipinski definition) is 3. The van der Waals surface area contributed by atoms with Gasteiger partial charge in [-0.25, -0.2) is 0 Å². The van der Waals surface area contributed by atoms with Crippen molar-refractivity contribution in [2.45, 2.75) is 20.5 Å². The van der Waals surface area contributed by atoms with Gasteiger partial charge in [0.2, 0.25) is 0 Å².